The molecule has 23 heavy (non-hydrogen) atoms. The number of halogens is 2. The molecule has 0 unspecified atom stereocenters. The maximum absolute atomic E-state index is 13.4. The summed E-state index contributed by atoms with van der Waals surface area (Å²) in [5.74, 6) is -1.53. The molecule has 1 atom stereocenters. The summed E-state index contributed by atoms with van der Waals surface area (Å²) >= 11 is 0. The first-order chi connectivity index (χ1) is 11.0. The molecule has 124 valence electrons. The highest BCUT2D eigenvalue weighted by Crippen LogP contribution is 2.12. The second-order valence-corrected chi connectivity index (χ2v) is 6.05. The fourth-order valence-corrected chi connectivity index (χ4v) is 2.70. The molecule has 0 bridgehead atoms. The Morgan fingerprint density at radius 3 is 2.65 bits per heavy atom. The summed E-state index contributed by atoms with van der Waals surface area (Å²) in [5.41, 5.74) is -0.0875. The van der Waals surface area contributed by atoms with Gasteiger partial charge in [0.1, 0.15) is 34.0 Å². The van der Waals surface area contributed by atoms with E-state index in [0.29, 0.717) is 12.2 Å². The van der Waals surface area contributed by atoms with Crippen molar-refractivity contribution in [1.29, 1.82) is 0 Å². The first kappa shape index (κ1) is 17.2. The number of nitrogens with one attached hydrogen (secondary N) is 2. The fraction of sp³-hybridized carbons (Fsp3) is 0.357. The van der Waals surface area contributed by atoms with E-state index >= 15 is 0 Å². The highest BCUT2D eigenvalue weighted by atomic mass is 32.2. The minimum atomic E-state index is -1.66. The summed E-state index contributed by atoms with van der Waals surface area (Å²) in [6, 6.07) is 3.59. The van der Waals surface area contributed by atoms with Gasteiger partial charge in [-0.1, -0.05) is 13.0 Å². The van der Waals surface area contributed by atoms with Crippen LogP contribution < -0.4 is 5.32 Å². The van der Waals surface area contributed by atoms with Crippen molar-refractivity contribution in [3.63, 3.8) is 0 Å². The molecule has 0 aliphatic carbocycles. The molecular weight excluding hydrogens is 326 g/mol. The first-order valence-corrected chi connectivity index (χ1v) is 8.32. The quantitative estimate of drug-likeness (QED) is 0.789. The molecule has 1 amide bonds. The van der Waals surface area contributed by atoms with Gasteiger partial charge in [-0.2, -0.15) is 0 Å². The Kier molecular flexibility index (Phi) is 5.91. The second-order valence-electron chi connectivity index (χ2n) is 4.71. The highest BCUT2D eigenvalue weighted by Gasteiger charge is 2.15. The van der Waals surface area contributed by atoms with Crippen molar-refractivity contribution < 1.29 is 17.8 Å². The standard InChI is InChI=1S/C14H16F2N4O2S/c1-2-12-18-14(20-19-12)23(22)8-13(21)17-7-6-9-10(15)4-3-5-11(9)16/h3-5H,2,6-8H2,1H3,(H,17,21)(H,18,19,20)/t23-/m1/s1. The van der Waals surface area contributed by atoms with E-state index in [1.54, 1.807) is 0 Å². The molecule has 2 N–H and O–H groups in total. The van der Waals surface area contributed by atoms with Crippen molar-refractivity contribution in [3.8, 4) is 0 Å². The number of hydrogen-bond donors (Lipinski definition) is 2. The average molecular weight is 342 g/mol. The molecule has 0 saturated heterocycles. The van der Waals surface area contributed by atoms with E-state index in [1.807, 2.05) is 6.92 Å². The molecule has 0 saturated carbocycles. The smallest absolute Gasteiger partial charge is 0.239 e. The zero-order valence-electron chi connectivity index (χ0n) is 12.4. The summed E-state index contributed by atoms with van der Waals surface area (Å²) in [5, 5.41) is 8.94. The van der Waals surface area contributed by atoms with Gasteiger partial charge in [-0.25, -0.2) is 13.8 Å². The van der Waals surface area contributed by atoms with E-state index in [-0.39, 0.29) is 29.4 Å². The largest absolute Gasteiger partial charge is 0.355 e. The van der Waals surface area contributed by atoms with Gasteiger partial charge >= 0.3 is 0 Å². The lowest BCUT2D eigenvalue weighted by molar-refractivity contribution is -0.118. The van der Waals surface area contributed by atoms with Crippen LogP contribution in [0.2, 0.25) is 0 Å². The minimum absolute atomic E-state index is 0.0114. The van der Waals surface area contributed by atoms with Crippen molar-refractivity contribution >= 4 is 16.7 Å². The Bertz CT molecular complexity index is 700. The number of aromatic nitrogens is 3. The van der Waals surface area contributed by atoms with Crippen LogP contribution in [0.4, 0.5) is 8.78 Å². The average Bonchev–Trinajstić information content (AvgIpc) is 2.99. The Morgan fingerprint density at radius 1 is 1.35 bits per heavy atom. The highest BCUT2D eigenvalue weighted by molar-refractivity contribution is 7.85. The van der Waals surface area contributed by atoms with Crippen LogP contribution in [0.15, 0.2) is 23.4 Å². The summed E-state index contributed by atoms with van der Waals surface area (Å²) in [7, 11) is -1.66. The number of carbonyl (C=O) groups is 1. The molecule has 0 radical (unpaired) electrons. The molecule has 1 aromatic heterocycles. The van der Waals surface area contributed by atoms with Crippen LogP contribution in [-0.2, 0) is 28.4 Å². The predicted molar refractivity (Wildman–Crippen MR) is 80.1 cm³/mol. The Hall–Kier alpha value is -2.16. The molecule has 0 aliphatic heterocycles. The molecule has 2 rings (SSSR count). The van der Waals surface area contributed by atoms with E-state index in [9.17, 15) is 17.8 Å². The first-order valence-electron chi connectivity index (χ1n) is 7.00. The van der Waals surface area contributed by atoms with E-state index in [0.717, 1.165) is 12.1 Å². The van der Waals surface area contributed by atoms with E-state index in [2.05, 4.69) is 20.5 Å². The van der Waals surface area contributed by atoms with Gasteiger partial charge < -0.3 is 5.32 Å². The summed E-state index contributed by atoms with van der Waals surface area (Å²) in [6.07, 6.45) is 0.627. The van der Waals surface area contributed by atoms with Crippen LogP contribution in [0.25, 0.3) is 0 Å². The number of aryl methyl sites for hydroxylation is 1. The van der Waals surface area contributed by atoms with Crippen LogP contribution in [0, 0.1) is 11.6 Å². The number of benzene rings is 1. The monoisotopic (exact) mass is 342 g/mol. The molecule has 0 spiro atoms. The molecule has 6 nitrogen and oxygen atoms in total. The topological polar surface area (TPSA) is 87.7 Å². The fourth-order valence-electron chi connectivity index (χ4n) is 1.87. The van der Waals surface area contributed by atoms with Gasteiger partial charge in [-0.15, -0.1) is 5.10 Å². The molecule has 0 fully saturated rings. The van der Waals surface area contributed by atoms with Gasteiger partial charge in [0.25, 0.3) is 0 Å². The van der Waals surface area contributed by atoms with Crippen molar-refractivity contribution in [2.24, 2.45) is 0 Å². The zero-order valence-corrected chi connectivity index (χ0v) is 13.3. The Balaban J connectivity index is 1.82. The predicted octanol–water partition coefficient (Wildman–Crippen LogP) is 1.11. The lowest BCUT2D eigenvalue weighted by Crippen LogP contribution is -2.30. The Morgan fingerprint density at radius 2 is 2.04 bits per heavy atom. The lowest BCUT2D eigenvalue weighted by Gasteiger charge is -2.06. The third-order valence-electron chi connectivity index (χ3n) is 3.07. The normalized spacial score (nSPS) is 12.1. The van der Waals surface area contributed by atoms with Gasteiger partial charge in [-0.3, -0.25) is 14.1 Å². The maximum atomic E-state index is 13.4. The van der Waals surface area contributed by atoms with Crippen molar-refractivity contribution in [3.05, 3.63) is 41.2 Å². The molecular formula is C14H16F2N4O2S. The third-order valence-corrected chi connectivity index (χ3v) is 4.18. The number of carbonyl (C=O) groups excluding carboxylic acids is 1. The summed E-state index contributed by atoms with van der Waals surface area (Å²) in [4.78, 5) is 15.7. The van der Waals surface area contributed by atoms with E-state index < -0.39 is 28.3 Å². The zero-order chi connectivity index (χ0) is 16.8. The molecule has 9 heteroatoms. The Labute approximate surface area is 134 Å². The van der Waals surface area contributed by atoms with Crippen LogP contribution in [0.3, 0.4) is 0 Å². The van der Waals surface area contributed by atoms with Crippen LogP contribution in [-0.4, -0.2) is 37.6 Å². The van der Waals surface area contributed by atoms with E-state index in [4.69, 9.17) is 0 Å². The van der Waals surface area contributed by atoms with Gasteiger partial charge in [-0.05, 0) is 18.6 Å². The minimum Gasteiger partial charge on any atom is -0.355 e. The maximum Gasteiger partial charge on any atom is 0.239 e. The van der Waals surface area contributed by atoms with Gasteiger partial charge in [0, 0.05) is 18.5 Å². The summed E-state index contributed by atoms with van der Waals surface area (Å²) < 4.78 is 38.8. The molecule has 1 aromatic carbocycles. The number of aromatic amines is 1. The van der Waals surface area contributed by atoms with Crippen LogP contribution >= 0.6 is 0 Å². The number of nitrogens with zero attached hydrogens (tertiary/aromatic N) is 2. The van der Waals surface area contributed by atoms with Crippen molar-refractivity contribution in [1.82, 2.24) is 20.5 Å². The number of H-pyrrole nitrogens is 1. The van der Waals surface area contributed by atoms with Gasteiger partial charge in [0.15, 0.2) is 0 Å². The lowest BCUT2D eigenvalue weighted by atomic mass is 10.1. The van der Waals surface area contributed by atoms with Gasteiger partial charge in [0.05, 0.1) is 0 Å². The number of amides is 1. The SMILES string of the molecule is CCc1nc([S@](=O)CC(=O)NCCc2c(F)cccc2F)n[nH]1. The number of rotatable bonds is 7. The van der Waals surface area contributed by atoms with Crippen molar-refractivity contribution in [2.75, 3.05) is 12.3 Å². The van der Waals surface area contributed by atoms with Crippen LogP contribution in [0.5, 0.6) is 0 Å². The number of hydrogen-bond acceptors (Lipinski definition) is 4. The summed E-state index contributed by atoms with van der Waals surface area (Å²) in [6.45, 7) is 1.91. The molecule has 2 aromatic rings. The van der Waals surface area contributed by atoms with Crippen molar-refractivity contribution in [2.45, 2.75) is 24.9 Å². The van der Waals surface area contributed by atoms with E-state index in [1.165, 1.54) is 6.07 Å². The third kappa shape index (κ3) is 4.65. The van der Waals surface area contributed by atoms with Gasteiger partial charge in [0.2, 0.25) is 11.1 Å². The van der Waals surface area contributed by atoms with Crippen LogP contribution in [0.1, 0.15) is 18.3 Å². The molecule has 0 aliphatic rings. The molecule has 1 heterocycles. The second kappa shape index (κ2) is 7.91.